The number of fused-ring (bicyclic) bond motifs is 3. The van der Waals surface area contributed by atoms with Crippen LogP contribution in [0.4, 0.5) is 10.5 Å². The summed E-state index contributed by atoms with van der Waals surface area (Å²) < 4.78 is 12.1. The normalized spacial score (nSPS) is 12.6. The number of hydrogen-bond acceptors (Lipinski definition) is 7. The molecule has 3 aromatic carbocycles. The van der Waals surface area contributed by atoms with E-state index in [2.05, 4.69) is 5.10 Å². The molecule has 0 aliphatic heterocycles. The first-order valence-electron chi connectivity index (χ1n) is 13.0. The Morgan fingerprint density at radius 3 is 2.14 bits per heavy atom. The van der Waals surface area contributed by atoms with Crippen molar-refractivity contribution in [1.82, 2.24) is 9.78 Å². The van der Waals surface area contributed by atoms with Crippen LogP contribution in [0.1, 0.15) is 39.5 Å². The Labute approximate surface area is 246 Å². The molecule has 0 unspecified atom stereocenters. The van der Waals surface area contributed by atoms with Crippen molar-refractivity contribution in [1.29, 1.82) is 0 Å². The van der Waals surface area contributed by atoms with Crippen LogP contribution in [0.2, 0.25) is 5.02 Å². The van der Waals surface area contributed by atoms with Gasteiger partial charge >= 0.3 is 12.1 Å². The fourth-order valence-electron chi connectivity index (χ4n) is 5.22. The van der Waals surface area contributed by atoms with Gasteiger partial charge in [-0.1, -0.05) is 60.1 Å². The summed E-state index contributed by atoms with van der Waals surface area (Å²) in [6.07, 6.45) is -0.173. The first kappa shape index (κ1) is 28.6. The Morgan fingerprint density at radius 1 is 0.976 bits per heavy atom. The first-order valence-corrected chi connectivity index (χ1v) is 13.4. The molecule has 0 radical (unpaired) electrons. The highest BCUT2D eigenvalue weighted by molar-refractivity contribution is 6.30. The van der Waals surface area contributed by atoms with Gasteiger partial charge in [-0.15, -0.1) is 0 Å². The van der Waals surface area contributed by atoms with E-state index >= 15 is 0 Å². The van der Waals surface area contributed by atoms with Crippen molar-refractivity contribution in [2.75, 3.05) is 18.6 Å². The molecule has 214 valence electrons. The minimum absolute atomic E-state index is 0.0497. The summed E-state index contributed by atoms with van der Waals surface area (Å²) in [5, 5.41) is 4.70. The third-order valence-electron chi connectivity index (χ3n) is 7.10. The molecule has 10 nitrogen and oxygen atoms in total. The lowest BCUT2D eigenvalue weighted by Crippen LogP contribution is -2.48. The highest BCUT2D eigenvalue weighted by Crippen LogP contribution is 2.44. The lowest BCUT2D eigenvalue weighted by molar-refractivity contribution is -0.143. The van der Waals surface area contributed by atoms with Gasteiger partial charge < -0.3 is 15.2 Å². The molecule has 0 fully saturated rings. The monoisotopic (exact) mass is 586 g/mol. The molecule has 2 N–H and O–H groups in total. The summed E-state index contributed by atoms with van der Waals surface area (Å²) in [5.74, 6) is -2.60. The fourth-order valence-corrected chi connectivity index (χ4v) is 5.34. The Morgan fingerprint density at radius 2 is 1.57 bits per heavy atom. The minimum atomic E-state index is -1.52. The van der Waals surface area contributed by atoms with Crippen LogP contribution in [0, 0.1) is 0 Å². The molecule has 42 heavy (non-hydrogen) atoms. The maximum atomic E-state index is 13.9. The van der Waals surface area contributed by atoms with Crippen LogP contribution in [0.15, 0.2) is 79.0 Å². The van der Waals surface area contributed by atoms with Crippen molar-refractivity contribution in [3.63, 3.8) is 0 Å². The van der Waals surface area contributed by atoms with Crippen LogP contribution in [-0.2, 0) is 26.1 Å². The number of halogens is 1. The first-order chi connectivity index (χ1) is 20.2. The number of nitrogens with zero attached hydrogens (tertiary/aromatic N) is 3. The SMILES string of the molecule is COC(=O)[C@H](CC(N)=O)N(C(=O)OCC1c2ccccc2-c2ccccc21)c1cn(C)nc1C(=O)c1ccc(Cl)cc1. The van der Waals surface area contributed by atoms with E-state index in [9.17, 15) is 19.2 Å². The molecule has 11 heteroatoms. The van der Waals surface area contributed by atoms with E-state index in [0.29, 0.717) is 5.02 Å². The topological polar surface area (TPSA) is 134 Å². The van der Waals surface area contributed by atoms with Gasteiger partial charge in [0, 0.05) is 29.7 Å². The average molecular weight is 587 g/mol. The van der Waals surface area contributed by atoms with E-state index in [1.165, 1.54) is 23.0 Å². The number of primary amides is 1. The number of rotatable bonds is 9. The molecular formula is C31H27ClN4O6. The number of hydrogen-bond donors (Lipinski definition) is 1. The molecule has 0 bridgehead atoms. The standard InChI is InChI=1S/C31H27ClN4O6/c1-35-16-26(28(34-35)29(38)18-11-13-19(32)14-12-18)36(25(15-27(33)37)30(39)41-2)31(40)42-17-24-22-9-5-3-7-20(22)21-8-4-6-10-23(21)24/h3-14,16,24-25H,15,17H2,1-2H3,(H2,33,37)/t25-/m0/s1. The number of ether oxygens (including phenoxy) is 2. The van der Waals surface area contributed by atoms with E-state index in [0.717, 1.165) is 34.3 Å². The molecule has 5 rings (SSSR count). The second-order valence-corrected chi connectivity index (χ2v) is 10.2. The largest absolute Gasteiger partial charge is 0.467 e. The Bertz CT molecular complexity index is 1640. The van der Waals surface area contributed by atoms with Crippen LogP contribution < -0.4 is 10.6 Å². The lowest BCUT2D eigenvalue weighted by atomic mass is 9.98. The molecule has 1 heterocycles. The van der Waals surface area contributed by atoms with Gasteiger partial charge in [-0.3, -0.25) is 19.2 Å². The number of carbonyl (C=O) groups excluding carboxylic acids is 4. The van der Waals surface area contributed by atoms with Crippen molar-refractivity contribution in [3.8, 4) is 11.1 Å². The average Bonchev–Trinajstić information content (AvgIpc) is 3.52. The zero-order valence-electron chi connectivity index (χ0n) is 22.8. The summed E-state index contributed by atoms with van der Waals surface area (Å²) in [5.41, 5.74) is 9.56. The van der Waals surface area contributed by atoms with E-state index in [-0.39, 0.29) is 29.5 Å². The predicted molar refractivity (Wildman–Crippen MR) is 155 cm³/mol. The maximum absolute atomic E-state index is 13.9. The summed E-state index contributed by atoms with van der Waals surface area (Å²) in [7, 11) is 2.68. The van der Waals surface area contributed by atoms with Gasteiger partial charge in [0.2, 0.25) is 11.7 Å². The van der Waals surface area contributed by atoms with Crippen LogP contribution >= 0.6 is 11.6 Å². The molecule has 0 saturated heterocycles. The number of nitrogens with two attached hydrogens (primary N) is 1. The maximum Gasteiger partial charge on any atom is 0.415 e. The molecule has 0 saturated carbocycles. The third kappa shape index (κ3) is 5.48. The van der Waals surface area contributed by atoms with Crippen LogP contribution in [-0.4, -0.2) is 53.3 Å². The zero-order chi connectivity index (χ0) is 30.0. The number of anilines is 1. The fraction of sp³-hybridized carbons (Fsp3) is 0.194. The summed E-state index contributed by atoms with van der Waals surface area (Å²) in [4.78, 5) is 53.4. The third-order valence-corrected chi connectivity index (χ3v) is 7.35. The van der Waals surface area contributed by atoms with Gasteiger partial charge in [-0.05, 0) is 46.5 Å². The smallest absolute Gasteiger partial charge is 0.415 e. The summed E-state index contributed by atoms with van der Waals surface area (Å²) in [6.45, 7) is -0.0749. The lowest BCUT2D eigenvalue weighted by Gasteiger charge is -2.28. The quantitative estimate of drug-likeness (QED) is 0.226. The van der Waals surface area contributed by atoms with Crippen LogP contribution in [0.5, 0.6) is 0 Å². The molecule has 1 aliphatic carbocycles. The van der Waals surface area contributed by atoms with Crippen molar-refractivity contribution in [3.05, 3.63) is 106 Å². The second-order valence-electron chi connectivity index (χ2n) is 9.76. The number of aromatic nitrogens is 2. The van der Waals surface area contributed by atoms with Crippen molar-refractivity contribution >= 4 is 41.0 Å². The zero-order valence-corrected chi connectivity index (χ0v) is 23.6. The van der Waals surface area contributed by atoms with Crippen LogP contribution in [0.25, 0.3) is 11.1 Å². The molecule has 1 atom stereocenters. The van der Waals surface area contributed by atoms with E-state index in [1.807, 2.05) is 48.5 Å². The number of aryl methyl sites for hydroxylation is 1. The Kier molecular flexibility index (Phi) is 8.08. The summed E-state index contributed by atoms with van der Waals surface area (Å²) in [6, 6.07) is 20.3. The molecular weight excluding hydrogens is 560 g/mol. The van der Waals surface area contributed by atoms with E-state index in [1.54, 1.807) is 19.2 Å². The number of carbonyl (C=O) groups is 4. The predicted octanol–water partition coefficient (Wildman–Crippen LogP) is 4.48. The van der Waals surface area contributed by atoms with Crippen LogP contribution in [0.3, 0.4) is 0 Å². The second kappa shape index (κ2) is 11.9. The minimum Gasteiger partial charge on any atom is -0.467 e. The van der Waals surface area contributed by atoms with Gasteiger partial charge in [-0.2, -0.15) is 5.10 Å². The van der Waals surface area contributed by atoms with Gasteiger partial charge in [0.05, 0.1) is 19.2 Å². The Hall–Kier alpha value is -4.96. The summed E-state index contributed by atoms with van der Waals surface area (Å²) >= 11 is 5.99. The number of ketones is 1. The molecule has 1 aromatic heterocycles. The number of benzene rings is 3. The van der Waals surface area contributed by atoms with Crippen molar-refractivity contribution in [2.24, 2.45) is 12.8 Å². The van der Waals surface area contributed by atoms with Crippen molar-refractivity contribution < 1.29 is 28.7 Å². The molecule has 1 aliphatic rings. The highest BCUT2D eigenvalue weighted by atomic mass is 35.5. The number of methoxy groups -OCH3 is 1. The number of esters is 1. The van der Waals surface area contributed by atoms with Gasteiger partial charge in [0.15, 0.2) is 5.69 Å². The highest BCUT2D eigenvalue weighted by Gasteiger charge is 2.39. The molecule has 2 amide bonds. The molecule has 4 aromatic rings. The number of amides is 2. The van der Waals surface area contributed by atoms with Crippen molar-refractivity contribution in [2.45, 2.75) is 18.4 Å². The van der Waals surface area contributed by atoms with Gasteiger partial charge in [0.25, 0.3) is 0 Å². The van der Waals surface area contributed by atoms with E-state index in [4.69, 9.17) is 26.8 Å². The molecule has 0 spiro atoms. The van der Waals surface area contributed by atoms with Gasteiger partial charge in [0.1, 0.15) is 12.6 Å². The van der Waals surface area contributed by atoms with E-state index < -0.39 is 36.2 Å². The van der Waals surface area contributed by atoms with Gasteiger partial charge in [-0.25, -0.2) is 9.59 Å². The Balaban J connectivity index is 1.53.